The van der Waals surface area contributed by atoms with Crippen LogP contribution in [0.15, 0.2) is 24.3 Å². The highest BCUT2D eigenvalue weighted by Gasteiger charge is 2.52. The summed E-state index contributed by atoms with van der Waals surface area (Å²) in [6.45, 7) is -0.522. The molecule has 0 bridgehead atoms. The lowest BCUT2D eigenvalue weighted by molar-refractivity contribution is -0.141. The zero-order valence-corrected chi connectivity index (χ0v) is 14.5. The van der Waals surface area contributed by atoms with Gasteiger partial charge < -0.3 is 10.6 Å². The van der Waals surface area contributed by atoms with E-state index in [-0.39, 0.29) is 6.42 Å². The third-order valence-corrected chi connectivity index (χ3v) is 4.21. The predicted octanol–water partition coefficient (Wildman–Crippen LogP) is 2.44. The molecule has 1 atom stereocenters. The lowest BCUT2D eigenvalue weighted by Gasteiger charge is -2.27. The molecule has 0 saturated carbocycles. The number of carbonyl (C=O) groups excluding carboxylic acids is 3. The zero-order valence-electron chi connectivity index (χ0n) is 14.5. The van der Waals surface area contributed by atoms with Crippen molar-refractivity contribution in [3.8, 4) is 0 Å². The van der Waals surface area contributed by atoms with Gasteiger partial charge in [-0.2, -0.15) is 13.2 Å². The third-order valence-electron chi connectivity index (χ3n) is 4.21. The number of rotatable bonds is 7. The van der Waals surface area contributed by atoms with Crippen molar-refractivity contribution in [2.75, 3.05) is 13.1 Å². The van der Waals surface area contributed by atoms with Crippen LogP contribution in [0.4, 0.5) is 22.4 Å². The van der Waals surface area contributed by atoms with Crippen LogP contribution in [0.3, 0.4) is 0 Å². The molecule has 6 nitrogen and oxygen atoms in total. The van der Waals surface area contributed by atoms with Crippen LogP contribution in [0.5, 0.6) is 0 Å². The summed E-state index contributed by atoms with van der Waals surface area (Å²) in [5, 5.41) is 4.15. The number of nitrogens with zero attached hydrogens (tertiary/aromatic N) is 1. The molecule has 2 N–H and O–H groups in total. The lowest BCUT2D eigenvalue weighted by Crippen LogP contribution is -2.46. The number of alkyl halides is 3. The minimum Gasteiger partial charge on any atom is -0.345 e. The second-order valence-corrected chi connectivity index (χ2v) is 6.23. The summed E-state index contributed by atoms with van der Waals surface area (Å²) in [7, 11) is 0. The number of hydrogen-bond donors (Lipinski definition) is 2. The first-order valence-corrected chi connectivity index (χ1v) is 8.32. The van der Waals surface area contributed by atoms with Gasteiger partial charge in [-0.1, -0.05) is 31.9 Å². The lowest BCUT2D eigenvalue weighted by atomic mass is 9.85. The molecular weight excluding hydrogens is 370 g/mol. The Bertz CT molecular complexity index is 721. The smallest absolute Gasteiger partial charge is 0.345 e. The number of amides is 4. The summed E-state index contributed by atoms with van der Waals surface area (Å²) in [5.41, 5.74) is -1.14. The number of unbranched alkanes of at least 4 members (excludes halogenated alkanes) is 1. The highest BCUT2D eigenvalue weighted by atomic mass is 19.4. The topological polar surface area (TPSA) is 78.5 Å². The number of halogens is 4. The molecule has 0 aliphatic carbocycles. The summed E-state index contributed by atoms with van der Waals surface area (Å²) in [6, 6.07) is 4.11. The molecule has 0 spiro atoms. The van der Waals surface area contributed by atoms with E-state index < -0.39 is 48.5 Å². The number of benzene rings is 1. The number of hydrogen-bond acceptors (Lipinski definition) is 3. The van der Waals surface area contributed by atoms with E-state index in [0.29, 0.717) is 23.3 Å². The minimum absolute atomic E-state index is 0.209. The van der Waals surface area contributed by atoms with Gasteiger partial charge in [-0.15, -0.1) is 0 Å². The van der Waals surface area contributed by atoms with E-state index in [1.54, 1.807) is 5.32 Å². The summed E-state index contributed by atoms with van der Waals surface area (Å²) in [6.07, 6.45) is -3.14. The molecule has 1 aromatic carbocycles. The maximum Gasteiger partial charge on any atom is 0.405 e. The first-order chi connectivity index (χ1) is 12.6. The van der Waals surface area contributed by atoms with E-state index in [4.69, 9.17) is 0 Å². The van der Waals surface area contributed by atoms with E-state index >= 15 is 0 Å². The first-order valence-electron chi connectivity index (χ1n) is 8.32. The van der Waals surface area contributed by atoms with Gasteiger partial charge in [0, 0.05) is 0 Å². The van der Waals surface area contributed by atoms with Crippen LogP contribution in [-0.2, 0) is 15.1 Å². The molecular formula is C17H19F4N3O3. The molecule has 1 fully saturated rings. The van der Waals surface area contributed by atoms with Crippen molar-refractivity contribution in [1.82, 2.24) is 15.5 Å². The molecule has 0 radical (unpaired) electrons. The first kappa shape index (κ1) is 20.7. The summed E-state index contributed by atoms with van der Waals surface area (Å²) in [5.74, 6) is -2.39. The molecule has 27 heavy (non-hydrogen) atoms. The van der Waals surface area contributed by atoms with Crippen molar-refractivity contribution >= 4 is 17.8 Å². The predicted molar refractivity (Wildman–Crippen MR) is 86.9 cm³/mol. The van der Waals surface area contributed by atoms with E-state index in [1.807, 2.05) is 6.92 Å². The van der Waals surface area contributed by atoms with Crippen LogP contribution in [0.2, 0.25) is 0 Å². The Balaban J connectivity index is 2.23. The quantitative estimate of drug-likeness (QED) is 0.555. The highest BCUT2D eigenvalue weighted by Crippen LogP contribution is 2.34. The fourth-order valence-corrected chi connectivity index (χ4v) is 2.85. The molecule has 148 valence electrons. The van der Waals surface area contributed by atoms with Gasteiger partial charge in [-0.3, -0.25) is 14.5 Å². The summed E-state index contributed by atoms with van der Waals surface area (Å²) in [4.78, 5) is 37.5. The maximum absolute atomic E-state index is 13.2. The Labute approximate surface area is 152 Å². The van der Waals surface area contributed by atoms with Gasteiger partial charge in [0.2, 0.25) is 5.91 Å². The SMILES string of the molecule is CCCC[C@]1(c2ccc(F)cc2)NC(=O)N(CC(=O)NCC(F)(F)F)C1=O. The van der Waals surface area contributed by atoms with Crippen molar-refractivity contribution in [3.63, 3.8) is 0 Å². The van der Waals surface area contributed by atoms with Gasteiger partial charge >= 0.3 is 12.2 Å². The van der Waals surface area contributed by atoms with E-state index in [0.717, 1.165) is 12.1 Å². The summed E-state index contributed by atoms with van der Waals surface area (Å²) < 4.78 is 49.8. The average Bonchev–Trinajstić information content (AvgIpc) is 2.83. The van der Waals surface area contributed by atoms with Gasteiger partial charge in [0.1, 0.15) is 24.4 Å². The van der Waals surface area contributed by atoms with Gasteiger partial charge in [0.05, 0.1) is 0 Å². The van der Waals surface area contributed by atoms with Crippen molar-refractivity contribution in [2.24, 2.45) is 0 Å². The monoisotopic (exact) mass is 389 g/mol. The molecule has 0 aromatic heterocycles. The molecule has 0 unspecified atom stereocenters. The number of imide groups is 1. The van der Waals surface area contributed by atoms with Crippen molar-refractivity contribution < 1.29 is 31.9 Å². The number of nitrogens with one attached hydrogen (secondary N) is 2. The van der Waals surface area contributed by atoms with Gasteiger partial charge in [-0.25, -0.2) is 9.18 Å². The maximum atomic E-state index is 13.2. The molecule has 4 amide bonds. The van der Waals surface area contributed by atoms with E-state index in [2.05, 4.69) is 5.32 Å². The zero-order chi connectivity index (χ0) is 20.2. The third kappa shape index (κ3) is 4.75. The largest absolute Gasteiger partial charge is 0.405 e. The normalized spacial score (nSPS) is 20.0. The van der Waals surface area contributed by atoms with Crippen LogP contribution in [-0.4, -0.2) is 42.0 Å². The molecule has 1 aliphatic rings. The van der Waals surface area contributed by atoms with Crippen LogP contribution in [0, 0.1) is 5.82 Å². The Hall–Kier alpha value is -2.65. The standard InChI is InChI=1S/C17H19F4N3O3/c1-2-3-8-16(11-4-6-12(18)7-5-11)14(26)24(15(27)23-16)9-13(25)22-10-17(19,20)21/h4-7H,2-3,8-10H2,1H3,(H,22,25)(H,23,27)/t16-/m1/s1. The second-order valence-electron chi connectivity index (χ2n) is 6.23. The second kappa shape index (κ2) is 7.93. The molecule has 10 heteroatoms. The molecule has 1 aliphatic heterocycles. The van der Waals surface area contributed by atoms with Gasteiger partial charge in [-0.05, 0) is 24.1 Å². The fraction of sp³-hybridized carbons (Fsp3) is 0.471. The highest BCUT2D eigenvalue weighted by molar-refractivity contribution is 6.09. The van der Waals surface area contributed by atoms with Crippen LogP contribution in [0.1, 0.15) is 31.7 Å². The Morgan fingerprint density at radius 1 is 1.22 bits per heavy atom. The number of carbonyl (C=O) groups is 3. The average molecular weight is 389 g/mol. The van der Waals surface area contributed by atoms with Crippen LogP contribution >= 0.6 is 0 Å². The summed E-state index contributed by atoms with van der Waals surface area (Å²) >= 11 is 0. The molecule has 2 rings (SSSR count). The number of urea groups is 1. The minimum atomic E-state index is -4.61. The Morgan fingerprint density at radius 3 is 2.41 bits per heavy atom. The van der Waals surface area contributed by atoms with Gasteiger partial charge in [0.25, 0.3) is 5.91 Å². The van der Waals surface area contributed by atoms with Crippen LogP contribution < -0.4 is 10.6 Å². The van der Waals surface area contributed by atoms with Crippen molar-refractivity contribution in [1.29, 1.82) is 0 Å². The molecule has 1 saturated heterocycles. The Morgan fingerprint density at radius 2 is 1.85 bits per heavy atom. The molecule has 1 heterocycles. The van der Waals surface area contributed by atoms with Crippen molar-refractivity contribution in [2.45, 2.75) is 37.9 Å². The molecule has 1 aromatic rings. The fourth-order valence-electron chi connectivity index (χ4n) is 2.85. The van der Waals surface area contributed by atoms with Crippen LogP contribution in [0.25, 0.3) is 0 Å². The van der Waals surface area contributed by atoms with E-state index in [9.17, 15) is 31.9 Å². The van der Waals surface area contributed by atoms with E-state index in [1.165, 1.54) is 12.1 Å². The van der Waals surface area contributed by atoms with Gasteiger partial charge in [0.15, 0.2) is 0 Å². The Kier molecular flexibility index (Phi) is 6.07. The van der Waals surface area contributed by atoms with Crippen molar-refractivity contribution in [3.05, 3.63) is 35.6 Å².